The fourth-order valence-electron chi connectivity index (χ4n) is 2.11. The first-order valence-electron chi connectivity index (χ1n) is 6.96. The molecule has 22 heavy (non-hydrogen) atoms. The Labute approximate surface area is 134 Å². The minimum atomic E-state index is 0.592. The Morgan fingerprint density at radius 1 is 1.09 bits per heavy atom. The van der Waals surface area contributed by atoms with Crippen molar-refractivity contribution in [3.8, 4) is 17.3 Å². The van der Waals surface area contributed by atoms with Gasteiger partial charge in [0.25, 0.3) is 0 Å². The molecule has 1 heterocycles. The molecule has 0 atom stereocenters. The average Bonchev–Trinajstić information content (AvgIpc) is 3.04. The van der Waals surface area contributed by atoms with Crippen LogP contribution in [0.1, 0.15) is 16.1 Å². The smallest absolute Gasteiger partial charge is 0.134 e. The van der Waals surface area contributed by atoms with Crippen molar-refractivity contribution in [1.82, 2.24) is 4.98 Å². The van der Waals surface area contributed by atoms with Crippen LogP contribution in [0.2, 0.25) is 0 Å². The van der Waals surface area contributed by atoms with Crippen molar-refractivity contribution in [1.29, 1.82) is 5.26 Å². The lowest BCUT2D eigenvalue weighted by Gasteiger charge is -1.97. The highest BCUT2D eigenvalue weighted by Crippen LogP contribution is 2.27. The molecule has 2 aromatic carbocycles. The molecule has 0 spiro atoms. The van der Waals surface area contributed by atoms with Crippen LogP contribution in [0.3, 0.4) is 0 Å². The molecule has 1 aromatic heterocycles. The molecular weight excluding hydrogens is 288 g/mol. The lowest BCUT2D eigenvalue weighted by molar-refractivity contribution is 1.36. The minimum absolute atomic E-state index is 0.592. The summed E-state index contributed by atoms with van der Waals surface area (Å²) in [5.41, 5.74) is 4.81. The number of hydrogen-bond acceptors (Lipinski definition) is 3. The molecule has 0 N–H and O–H groups in total. The molecule has 3 heteroatoms. The zero-order valence-electron chi connectivity index (χ0n) is 12.2. The number of nitrogens with zero attached hydrogens (tertiary/aromatic N) is 2. The summed E-state index contributed by atoms with van der Waals surface area (Å²) in [6.07, 6.45) is 1.87. The monoisotopic (exact) mass is 302 g/mol. The van der Waals surface area contributed by atoms with Crippen LogP contribution in [0.5, 0.6) is 0 Å². The molecule has 3 aromatic rings. The summed E-state index contributed by atoms with van der Waals surface area (Å²) in [5.74, 6) is 0. The van der Waals surface area contributed by atoms with E-state index in [9.17, 15) is 5.26 Å². The van der Waals surface area contributed by atoms with Crippen LogP contribution < -0.4 is 0 Å². The predicted molar refractivity (Wildman–Crippen MR) is 92.2 cm³/mol. The highest BCUT2D eigenvalue weighted by molar-refractivity contribution is 7.11. The number of rotatable bonds is 3. The van der Waals surface area contributed by atoms with Gasteiger partial charge in [-0.15, -0.1) is 11.3 Å². The maximum Gasteiger partial charge on any atom is 0.134 e. The number of thiazole rings is 1. The molecule has 2 nitrogen and oxygen atoms in total. The molecule has 0 aliphatic carbocycles. The van der Waals surface area contributed by atoms with Gasteiger partial charge in [-0.05, 0) is 18.6 Å². The molecule has 0 bridgehead atoms. The van der Waals surface area contributed by atoms with Gasteiger partial charge in [0.15, 0.2) is 0 Å². The van der Waals surface area contributed by atoms with Crippen molar-refractivity contribution in [2.45, 2.75) is 6.92 Å². The second kappa shape index (κ2) is 6.38. The molecule has 0 unspecified atom stereocenters. The normalized spacial score (nSPS) is 11.2. The largest absolute Gasteiger partial charge is 0.235 e. The molecule has 0 aliphatic heterocycles. The lowest BCUT2D eigenvalue weighted by atomic mass is 10.1. The van der Waals surface area contributed by atoms with Crippen LogP contribution in [0.4, 0.5) is 0 Å². The molecule has 0 radical (unpaired) electrons. The van der Waals surface area contributed by atoms with Gasteiger partial charge in [-0.2, -0.15) is 5.26 Å². The standard InChI is InChI=1S/C19H14N2S/c1-14-7-9-16(10-8-14)18-13-22-19(21-18)17(12-20)11-15-5-3-2-4-6-15/h2-11,13H,1H3. The highest BCUT2D eigenvalue weighted by Gasteiger charge is 2.09. The second-order valence-corrected chi connectivity index (χ2v) is 5.84. The van der Waals surface area contributed by atoms with Crippen LogP contribution in [-0.2, 0) is 0 Å². The van der Waals surface area contributed by atoms with Crippen molar-refractivity contribution < 1.29 is 0 Å². The molecule has 0 fully saturated rings. The maximum absolute atomic E-state index is 9.41. The van der Waals surface area contributed by atoms with Crippen LogP contribution in [-0.4, -0.2) is 4.98 Å². The summed E-state index contributed by atoms with van der Waals surface area (Å²) in [5, 5.41) is 12.2. The maximum atomic E-state index is 9.41. The van der Waals surface area contributed by atoms with E-state index in [-0.39, 0.29) is 0 Å². The van der Waals surface area contributed by atoms with Crippen LogP contribution in [0.15, 0.2) is 60.0 Å². The molecule has 0 saturated carbocycles. The Morgan fingerprint density at radius 3 is 2.50 bits per heavy atom. The highest BCUT2D eigenvalue weighted by atomic mass is 32.1. The summed E-state index contributed by atoms with van der Waals surface area (Å²) in [7, 11) is 0. The Balaban J connectivity index is 1.94. The van der Waals surface area contributed by atoms with Crippen molar-refractivity contribution in [3.05, 3.63) is 76.1 Å². The first kappa shape index (κ1) is 14.2. The number of nitriles is 1. The molecule has 0 saturated heterocycles. The van der Waals surface area contributed by atoms with Gasteiger partial charge < -0.3 is 0 Å². The van der Waals surface area contributed by atoms with Gasteiger partial charge in [-0.3, -0.25) is 0 Å². The lowest BCUT2D eigenvalue weighted by Crippen LogP contribution is -1.83. The van der Waals surface area contributed by atoms with E-state index in [0.717, 1.165) is 21.8 Å². The van der Waals surface area contributed by atoms with Crippen molar-refractivity contribution >= 4 is 23.0 Å². The van der Waals surface area contributed by atoms with Gasteiger partial charge >= 0.3 is 0 Å². The van der Waals surface area contributed by atoms with E-state index in [1.54, 1.807) is 0 Å². The van der Waals surface area contributed by atoms with Crippen LogP contribution in [0.25, 0.3) is 22.9 Å². The predicted octanol–water partition coefficient (Wildman–Crippen LogP) is 5.18. The summed E-state index contributed by atoms with van der Waals surface area (Å²) in [6.45, 7) is 2.06. The van der Waals surface area contributed by atoms with Crippen molar-refractivity contribution in [2.75, 3.05) is 0 Å². The van der Waals surface area contributed by atoms with E-state index >= 15 is 0 Å². The molecule has 106 valence electrons. The van der Waals surface area contributed by atoms with Gasteiger partial charge in [-0.25, -0.2) is 4.98 Å². The Kier molecular flexibility index (Phi) is 4.13. The van der Waals surface area contributed by atoms with E-state index in [0.29, 0.717) is 5.57 Å². The van der Waals surface area contributed by atoms with E-state index < -0.39 is 0 Å². The zero-order chi connectivity index (χ0) is 15.4. The minimum Gasteiger partial charge on any atom is -0.235 e. The topological polar surface area (TPSA) is 36.7 Å². The third kappa shape index (κ3) is 3.13. The van der Waals surface area contributed by atoms with Gasteiger partial charge in [0.1, 0.15) is 11.1 Å². The fraction of sp³-hybridized carbons (Fsp3) is 0.0526. The van der Waals surface area contributed by atoms with Gasteiger partial charge in [0, 0.05) is 10.9 Å². The first-order chi connectivity index (χ1) is 10.8. The van der Waals surface area contributed by atoms with Crippen LogP contribution in [0, 0.1) is 18.3 Å². The zero-order valence-corrected chi connectivity index (χ0v) is 13.0. The summed E-state index contributed by atoms with van der Waals surface area (Å²) in [4.78, 5) is 4.61. The van der Waals surface area contributed by atoms with Crippen molar-refractivity contribution in [3.63, 3.8) is 0 Å². The van der Waals surface area contributed by atoms with Crippen LogP contribution >= 0.6 is 11.3 Å². The van der Waals surface area contributed by atoms with E-state index in [4.69, 9.17) is 0 Å². The summed E-state index contributed by atoms with van der Waals surface area (Å²) in [6, 6.07) is 20.3. The van der Waals surface area contributed by atoms with E-state index in [1.165, 1.54) is 16.9 Å². The molecule has 0 aliphatic rings. The number of aryl methyl sites for hydroxylation is 1. The van der Waals surface area contributed by atoms with Crippen molar-refractivity contribution in [2.24, 2.45) is 0 Å². The number of aromatic nitrogens is 1. The summed E-state index contributed by atoms with van der Waals surface area (Å²) >= 11 is 1.50. The Bertz CT molecular complexity index is 837. The summed E-state index contributed by atoms with van der Waals surface area (Å²) < 4.78 is 0. The van der Waals surface area contributed by atoms with Gasteiger partial charge in [0.2, 0.25) is 0 Å². The fourth-order valence-corrected chi connectivity index (χ4v) is 2.91. The Hall–Kier alpha value is -2.70. The van der Waals surface area contributed by atoms with Gasteiger partial charge in [-0.1, -0.05) is 60.2 Å². The quantitative estimate of drug-likeness (QED) is 0.625. The molecule has 3 rings (SSSR count). The third-order valence-corrected chi connectivity index (χ3v) is 4.19. The number of allylic oxidation sites excluding steroid dienone is 1. The van der Waals surface area contributed by atoms with E-state index in [2.05, 4.69) is 42.2 Å². The molecule has 0 amide bonds. The SMILES string of the molecule is Cc1ccc(-c2csc(C(C#N)=Cc3ccccc3)n2)cc1. The Morgan fingerprint density at radius 2 is 1.82 bits per heavy atom. The van der Waals surface area contributed by atoms with E-state index in [1.807, 2.05) is 41.8 Å². The first-order valence-corrected chi connectivity index (χ1v) is 7.84. The van der Waals surface area contributed by atoms with Gasteiger partial charge in [0.05, 0.1) is 11.3 Å². The molecular formula is C19H14N2S. The number of hydrogen-bond donors (Lipinski definition) is 0. The third-order valence-electron chi connectivity index (χ3n) is 3.31. The average molecular weight is 302 g/mol. The number of benzene rings is 2. The second-order valence-electron chi connectivity index (χ2n) is 4.98.